The van der Waals surface area contributed by atoms with Gasteiger partial charge in [-0.25, -0.2) is 0 Å². The van der Waals surface area contributed by atoms with Gasteiger partial charge in [-0.3, -0.25) is 4.79 Å². The minimum atomic E-state index is 0.186. The molecule has 1 aromatic rings. The van der Waals surface area contributed by atoms with Crippen molar-refractivity contribution in [2.75, 3.05) is 18.0 Å². The van der Waals surface area contributed by atoms with Gasteiger partial charge in [-0.1, -0.05) is 38.0 Å². The summed E-state index contributed by atoms with van der Waals surface area (Å²) in [5.41, 5.74) is 2.62. The molecule has 1 heterocycles. The Balaban J connectivity index is 1.60. The lowest BCUT2D eigenvalue weighted by atomic mass is 9.86. The highest BCUT2D eigenvalue weighted by molar-refractivity contribution is 5.82. The van der Waals surface area contributed by atoms with E-state index in [1.807, 2.05) is 0 Å². The number of para-hydroxylation sites is 1. The Kier molecular flexibility index (Phi) is 4.47. The molecule has 1 fully saturated rings. The molecule has 114 valence electrons. The SMILES string of the molecule is C[C@H]1CCCC[C@H]1NC(=O)CN1CCCc2ccccc21. The van der Waals surface area contributed by atoms with Crippen LogP contribution in [0.2, 0.25) is 0 Å². The maximum absolute atomic E-state index is 12.4. The molecule has 1 aromatic carbocycles. The summed E-state index contributed by atoms with van der Waals surface area (Å²) in [6.45, 7) is 3.76. The van der Waals surface area contributed by atoms with E-state index in [2.05, 4.69) is 41.4 Å². The Morgan fingerprint density at radius 1 is 1.24 bits per heavy atom. The van der Waals surface area contributed by atoms with Crippen molar-refractivity contribution in [3.63, 3.8) is 0 Å². The third-order valence-corrected chi connectivity index (χ3v) is 5.00. The van der Waals surface area contributed by atoms with E-state index in [9.17, 15) is 4.79 Å². The van der Waals surface area contributed by atoms with Crippen molar-refractivity contribution < 1.29 is 4.79 Å². The van der Waals surface area contributed by atoms with E-state index in [-0.39, 0.29) is 5.91 Å². The van der Waals surface area contributed by atoms with Gasteiger partial charge >= 0.3 is 0 Å². The Morgan fingerprint density at radius 3 is 2.90 bits per heavy atom. The van der Waals surface area contributed by atoms with Crippen molar-refractivity contribution in [3.05, 3.63) is 29.8 Å². The molecule has 1 amide bonds. The molecule has 1 saturated carbocycles. The zero-order chi connectivity index (χ0) is 14.7. The Morgan fingerprint density at radius 2 is 2.05 bits per heavy atom. The van der Waals surface area contributed by atoms with Gasteiger partial charge in [0.2, 0.25) is 5.91 Å². The standard InChI is InChI=1S/C18H26N2O/c1-14-7-2-4-10-16(14)19-18(21)13-20-12-6-9-15-8-3-5-11-17(15)20/h3,5,8,11,14,16H,2,4,6-7,9-10,12-13H2,1H3,(H,19,21)/t14-,16+/m0/s1. The maximum Gasteiger partial charge on any atom is 0.239 e. The number of hydrogen-bond donors (Lipinski definition) is 1. The summed E-state index contributed by atoms with van der Waals surface area (Å²) in [5, 5.41) is 3.27. The highest BCUT2D eigenvalue weighted by Crippen LogP contribution is 2.27. The van der Waals surface area contributed by atoms with E-state index in [0.717, 1.165) is 25.8 Å². The van der Waals surface area contributed by atoms with E-state index in [1.54, 1.807) is 0 Å². The molecule has 0 bridgehead atoms. The zero-order valence-electron chi connectivity index (χ0n) is 13.0. The molecule has 1 aliphatic carbocycles. The van der Waals surface area contributed by atoms with Crippen LogP contribution in [0.4, 0.5) is 5.69 Å². The average Bonchev–Trinajstić information content (AvgIpc) is 2.50. The summed E-state index contributed by atoms with van der Waals surface area (Å²) >= 11 is 0. The Bertz CT molecular complexity index is 500. The van der Waals surface area contributed by atoms with Gasteiger partial charge in [0.15, 0.2) is 0 Å². The third-order valence-electron chi connectivity index (χ3n) is 5.00. The monoisotopic (exact) mass is 286 g/mol. The van der Waals surface area contributed by atoms with Gasteiger partial charge in [0.05, 0.1) is 6.54 Å². The zero-order valence-corrected chi connectivity index (χ0v) is 13.0. The van der Waals surface area contributed by atoms with Crippen LogP contribution in [0.5, 0.6) is 0 Å². The van der Waals surface area contributed by atoms with Gasteiger partial charge in [-0.15, -0.1) is 0 Å². The first-order valence-corrected chi connectivity index (χ1v) is 8.36. The first-order valence-electron chi connectivity index (χ1n) is 8.36. The number of nitrogens with one attached hydrogen (secondary N) is 1. The van der Waals surface area contributed by atoms with E-state index in [1.165, 1.54) is 30.5 Å². The van der Waals surface area contributed by atoms with Crippen LogP contribution in [0.1, 0.15) is 44.6 Å². The molecule has 0 unspecified atom stereocenters. The second-order valence-electron chi connectivity index (χ2n) is 6.59. The Hall–Kier alpha value is -1.51. The van der Waals surface area contributed by atoms with Gasteiger partial charge in [-0.05, 0) is 43.2 Å². The fraction of sp³-hybridized carbons (Fsp3) is 0.611. The second-order valence-corrected chi connectivity index (χ2v) is 6.59. The van der Waals surface area contributed by atoms with E-state index in [4.69, 9.17) is 0 Å². The van der Waals surface area contributed by atoms with Crippen molar-refractivity contribution >= 4 is 11.6 Å². The lowest BCUT2D eigenvalue weighted by molar-refractivity contribution is -0.121. The number of aryl methyl sites for hydroxylation is 1. The van der Waals surface area contributed by atoms with Gasteiger partial charge in [0.1, 0.15) is 0 Å². The summed E-state index contributed by atoms with van der Waals surface area (Å²) in [6, 6.07) is 8.86. The van der Waals surface area contributed by atoms with Crippen LogP contribution in [0.3, 0.4) is 0 Å². The van der Waals surface area contributed by atoms with Gasteiger partial charge in [0, 0.05) is 18.3 Å². The van der Waals surface area contributed by atoms with Crippen molar-refractivity contribution in [3.8, 4) is 0 Å². The van der Waals surface area contributed by atoms with Crippen LogP contribution in [-0.4, -0.2) is 25.0 Å². The van der Waals surface area contributed by atoms with Crippen molar-refractivity contribution in [1.82, 2.24) is 5.32 Å². The number of hydrogen-bond acceptors (Lipinski definition) is 2. The van der Waals surface area contributed by atoms with Crippen LogP contribution < -0.4 is 10.2 Å². The number of carbonyl (C=O) groups is 1. The summed E-state index contributed by atoms with van der Waals surface area (Å²) in [6.07, 6.45) is 7.23. The van der Waals surface area contributed by atoms with Gasteiger partial charge in [-0.2, -0.15) is 0 Å². The quantitative estimate of drug-likeness (QED) is 0.926. The minimum Gasteiger partial charge on any atom is -0.362 e. The number of fused-ring (bicyclic) bond motifs is 1. The van der Waals surface area contributed by atoms with Crippen LogP contribution in [-0.2, 0) is 11.2 Å². The van der Waals surface area contributed by atoms with Gasteiger partial charge < -0.3 is 10.2 Å². The second kappa shape index (κ2) is 6.50. The molecule has 0 saturated heterocycles. The summed E-state index contributed by atoms with van der Waals surface area (Å²) in [4.78, 5) is 14.6. The Labute approximate surface area is 127 Å². The van der Waals surface area contributed by atoms with Crippen LogP contribution in [0.25, 0.3) is 0 Å². The molecule has 3 nitrogen and oxygen atoms in total. The number of benzene rings is 1. The molecule has 2 aliphatic rings. The number of amides is 1. The first-order chi connectivity index (χ1) is 10.2. The van der Waals surface area contributed by atoms with Crippen LogP contribution >= 0.6 is 0 Å². The molecule has 1 N–H and O–H groups in total. The molecular weight excluding hydrogens is 260 g/mol. The minimum absolute atomic E-state index is 0.186. The molecular formula is C18H26N2O. The van der Waals surface area contributed by atoms with E-state index < -0.39 is 0 Å². The third kappa shape index (κ3) is 3.39. The number of rotatable bonds is 3. The summed E-state index contributed by atoms with van der Waals surface area (Å²) < 4.78 is 0. The molecule has 1 aliphatic heterocycles. The predicted molar refractivity (Wildman–Crippen MR) is 86.5 cm³/mol. The molecule has 0 aromatic heterocycles. The fourth-order valence-corrected chi connectivity index (χ4v) is 3.73. The predicted octanol–water partition coefficient (Wildman–Crippen LogP) is 3.13. The molecule has 3 rings (SSSR count). The highest BCUT2D eigenvalue weighted by atomic mass is 16.2. The van der Waals surface area contributed by atoms with Crippen molar-refractivity contribution in [2.24, 2.45) is 5.92 Å². The normalized spacial score (nSPS) is 25.3. The smallest absolute Gasteiger partial charge is 0.239 e. The fourth-order valence-electron chi connectivity index (χ4n) is 3.73. The molecule has 21 heavy (non-hydrogen) atoms. The van der Waals surface area contributed by atoms with Crippen molar-refractivity contribution in [2.45, 2.75) is 51.5 Å². The van der Waals surface area contributed by atoms with E-state index in [0.29, 0.717) is 18.5 Å². The highest BCUT2D eigenvalue weighted by Gasteiger charge is 2.24. The molecule has 0 spiro atoms. The average molecular weight is 286 g/mol. The first kappa shape index (κ1) is 14.4. The number of nitrogens with zero attached hydrogens (tertiary/aromatic N) is 1. The summed E-state index contributed by atoms with van der Waals surface area (Å²) in [5.74, 6) is 0.807. The molecule has 3 heteroatoms. The molecule has 2 atom stereocenters. The van der Waals surface area contributed by atoms with E-state index >= 15 is 0 Å². The lowest BCUT2D eigenvalue weighted by Gasteiger charge is -2.33. The van der Waals surface area contributed by atoms with Crippen molar-refractivity contribution in [1.29, 1.82) is 0 Å². The number of anilines is 1. The largest absolute Gasteiger partial charge is 0.362 e. The van der Waals surface area contributed by atoms with Crippen LogP contribution in [0.15, 0.2) is 24.3 Å². The number of carbonyl (C=O) groups excluding carboxylic acids is 1. The maximum atomic E-state index is 12.4. The lowest BCUT2D eigenvalue weighted by Crippen LogP contribution is -2.46. The molecule has 0 radical (unpaired) electrons. The van der Waals surface area contributed by atoms with Gasteiger partial charge in [0.25, 0.3) is 0 Å². The van der Waals surface area contributed by atoms with Crippen LogP contribution in [0, 0.1) is 5.92 Å². The topological polar surface area (TPSA) is 32.3 Å². The summed E-state index contributed by atoms with van der Waals surface area (Å²) in [7, 11) is 0.